The molecule has 2 nitrogen and oxygen atoms in total. The van der Waals surface area contributed by atoms with Crippen LogP contribution in [0.3, 0.4) is 0 Å². The van der Waals surface area contributed by atoms with E-state index < -0.39 is 0 Å². The van der Waals surface area contributed by atoms with E-state index in [1.54, 1.807) is 13.0 Å². The van der Waals surface area contributed by atoms with Crippen LogP contribution in [0.15, 0.2) is 47.0 Å². The highest BCUT2D eigenvalue weighted by Crippen LogP contribution is 2.37. The van der Waals surface area contributed by atoms with E-state index in [0.29, 0.717) is 28.2 Å². The summed E-state index contributed by atoms with van der Waals surface area (Å²) in [4.78, 5) is 4.60. The summed E-state index contributed by atoms with van der Waals surface area (Å²) in [5.74, 6) is 0.939. The van der Waals surface area contributed by atoms with Crippen LogP contribution in [0, 0.1) is 19.7 Å². The Morgan fingerprint density at radius 3 is 2.56 bits per heavy atom. The van der Waals surface area contributed by atoms with Gasteiger partial charge in [-0.15, -0.1) is 0 Å². The minimum absolute atomic E-state index is 0.224. The van der Waals surface area contributed by atoms with E-state index in [-0.39, 0.29) is 5.82 Å². The molecule has 0 bridgehead atoms. The highest BCUT2D eigenvalue weighted by Gasteiger charge is 2.18. The lowest BCUT2D eigenvalue weighted by atomic mass is 9.96. The van der Waals surface area contributed by atoms with Gasteiger partial charge in [0.25, 0.3) is 0 Å². The van der Waals surface area contributed by atoms with E-state index in [0.717, 1.165) is 22.0 Å². The lowest BCUT2D eigenvalue weighted by molar-refractivity contribution is 0.577. The second kappa shape index (κ2) is 5.69. The van der Waals surface area contributed by atoms with Crippen molar-refractivity contribution in [2.24, 2.45) is 0 Å². The van der Waals surface area contributed by atoms with Crippen LogP contribution >= 0.6 is 0 Å². The van der Waals surface area contributed by atoms with Crippen molar-refractivity contribution in [1.82, 2.24) is 4.98 Å². The molecule has 25 heavy (non-hydrogen) atoms. The van der Waals surface area contributed by atoms with Gasteiger partial charge in [-0.25, -0.2) is 4.39 Å². The van der Waals surface area contributed by atoms with E-state index in [9.17, 15) is 4.39 Å². The summed E-state index contributed by atoms with van der Waals surface area (Å²) in [6.45, 7) is 7.98. The van der Waals surface area contributed by atoms with E-state index in [1.165, 1.54) is 5.56 Å². The maximum Gasteiger partial charge on any atom is 0.146 e. The molecule has 0 spiro atoms. The molecular weight excluding hydrogens is 313 g/mol. The summed E-state index contributed by atoms with van der Waals surface area (Å²) >= 11 is 0. The molecule has 0 unspecified atom stereocenters. The molecule has 0 aliphatic carbocycles. The van der Waals surface area contributed by atoms with Gasteiger partial charge in [-0.3, -0.25) is 4.98 Å². The highest BCUT2D eigenvalue weighted by molar-refractivity contribution is 6.02. The quantitative estimate of drug-likeness (QED) is 0.417. The standard InChI is InChI=1S/C22H20FNO/c1-12(2)15-5-6-17-16(11-15)7-8-24-21(17)19-9-13(3)20(23)18-10-14(4)25-22(18)19/h5-12H,1-4H3. The number of hydrogen-bond acceptors (Lipinski definition) is 2. The Labute approximate surface area is 146 Å². The molecule has 0 amide bonds. The van der Waals surface area contributed by atoms with Crippen LogP contribution in [-0.4, -0.2) is 4.98 Å². The molecule has 2 aromatic heterocycles. The lowest BCUT2D eigenvalue weighted by Gasteiger charge is -2.11. The maximum atomic E-state index is 14.5. The lowest BCUT2D eigenvalue weighted by Crippen LogP contribution is -1.92. The molecular formula is C22H20FNO. The number of aromatic nitrogens is 1. The van der Waals surface area contributed by atoms with Crippen molar-refractivity contribution in [3.63, 3.8) is 0 Å². The van der Waals surface area contributed by atoms with Gasteiger partial charge in [0.2, 0.25) is 0 Å². The third-order valence-electron chi connectivity index (χ3n) is 4.75. The van der Waals surface area contributed by atoms with Crippen molar-refractivity contribution in [3.8, 4) is 11.3 Å². The molecule has 2 heterocycles. The second-order valence-electron chi connectivity index (χ2n) is 6.95. The fourth-order valence-corrected chi connectivity index (χ4v) is 3.38. The Hall–Kier alpha value is -2.68. The topological polar surface area (TPSA) is 26.0 Å². The van der Waals surface area contributed by atoms with Crippen molar-refractivity contribution in [3.05, 3.63) is 65.3 Å². The van der Waals surface area contributed by atoms with Crippen LogP contribution in [0.25, 0.3) is 33.0 Å². The van der Waals surface area contributed by atoms with Crippen molar-refractivity contribution in [1.29, 1.82) is 0 Å². The zero-order valence-corrected chi connectivity index (χ0v) is 14.9. The SMILES string of the molecule is Cc1cc2c(F)c(C)cc(-c3nccc4cc(C(C)C)ccc34)c2o1. The summed E-state index contributed by atoms with van der Waals surface area (Å²) in [7, 11) is 0. The van der Waals surface area contributed by atoms with E-state index in [4.69, 9.17) is 4.42 Å². The molecule has 0 aliphatic heterocycles. The molecule has 0 N–H and O–H groups in total. The molecule has 0 atom stereocenters. The van der Waals surface area contributed by atoms with Gasteiger partial charge in [-0.05, 0) is 54.5 Å². The predicted octanol–water partition coefficient (Wildman–Crippen LogP) is 6.53. The van der Waals surface area contributed by atoms with Crippen LogP contribution in [0.2, 0.25) is 0 Å². The largest absolute Gasteiger partial charge is 0.461 e. The summed E-state index contributed by atoms with van der Waals surface area (Å²) in [5.41, 5.74) is 4.12. The zero-order chi connectivity index (χ0) is 17.7. The minimum atomic E-state index is -0.224. The van der Waals surface area contributed by atoms with E-state index in [2.05, 4.69) is 37.0 Å². The Kier molecular flexibility index (Phi) is 3.60. The first-order chi connectivity index (χ1) is 12.0. The van der Waals surface area contributed by atoms with Gasteiger partial charge in [0.15, 0.2) is 0 Å². The van der Waals surface area contributed by atoms with Gasteiger partial charge in [0.05, 0.1) is 11.1 Å². The summed E-state index contributed by atoms with van der Waals surface area (Å²) in [6, 6.07) is 12.0. The number of furan rings is 1. The van der Waals surface area contributed by atoms with Crippen LogP contribution in [0.4, 0.5) is 4.39 Å². The summed E-state index contributed by atoms with van der Waals surface area (Å²) < 4.78 is 20.3. The molecule has 0 fully saturated rings. The predicted molar refractivity (Wildman–Crippen MR) is 100 cm³/mol. The molecule has 126 valence electrons. The number of nitrogens with zero attached hydrogens (tertiary/aromatic N) is 1. The highest BCUT2D eigenvalue weighted by atomic mass is 19.1. The smallest absolute Gasteiger partial charge is 0.146 e. The first-order valence-electron chi connectivity index (χ1n) is 8.54. The Morgan fingerprint density at radius 2 is 1.80 bits per heavy atom. The number of halogens is 1. The average Bonchev–Trinajstić information content (AvgIpc) is 2.99. The van der Waals surface area contributed by atoms with Crippen LogP contribution in [0.1, 0.15) is 36.7 Å². The van der Waals surface area contributed by atoms with Gasteiger partial charge in [0.1, 0.15) is 17.2 Å². The van der Waals surface area contributed by atoms with Gasteiger partial charge in [-0.1, -0.05) is 32.0 Å². The normalized spacial score (nSPS) is 11.8. The van der Waals surface area contributed by atoms with Gasteiger partial charge >= 0.3 is 0 Å². The number of benzene rings is 2. The third kappa shape index (κ3) is 2.51. The zero-order valence-electron chi connectivity index (χ0n) is 14.9. The molecule has 0 saturated heterocycles. The Morgan fingerprint density at radius 1 is 1.00 bits per heavy atom. The molecule has 2 aromatic carbocycles. The van der Waals surface area contributed by atoms with Crippen molar-refractivity contribution >= 4 is 21.7 Å². The fourth-order valence-electron chi connectivity index (χ4n) is 3.38. The van der Waals surface area contributed by atoms with Crippen molar-refractivity contribution < 1.29 is 8.81 Å². The Balaban J connectivity index is 2.05. The number of rotatable bonds is 2. The van der Waals surface area contributed by atoms with Crippen LogP contribution < -0.4 is 0 Å². The van der Waals surface area contributed by atoms with Crippen LogP contribution in [-0.2, 0) is 0 Å². The minimum Gasteiger partial charge on any atom is -0.461 e. The van der Waals surface area contributed by atoms with E-state index in [1.807, 2.05) is 25.3 Å². The number of fused-ring (bicyclic) bond motifs is 2. The first-order valence-corrected chi connectivity index (χ1v) is 8.54. The molecule has 4 rings (SSSR count). The first kappa shape index (κ1) is 15.8. The molecule has 0 saturated carbocycles. The van der Waals surface area contributed by atoms with E-state index >= 15 is 0 Å². The third-order valence-corrected chi connectivity index (χ3v) is 4.75. The Bertz CT molecular complexity index is 1110. The summed E-state index contributed by atoms with van der Waals surface area (Å²) in [6.07, 6.45) is 1.81. The second-order valence-corrected chi connectivity index (χ2v) is 6.95. The number of hydrogen-bond donors (Lipinski definition) is 0. The van der Waals surface area contributed by atoms with Crippen molar-refractivity contribution in [2.75, 3.05) is 0 Å². The molecule has 0 aliphatic rings. The molecule has 4 aromatic rings. The number of pyridine rings is 1. The molecule has 0 radical (unpaired) electrons. The monoisotopic (exact) mass is 333 g/mol. The summed E-state index contributed by atoms with van der Waals surface area (Å²) in [5, 5.41) is 2.70. The van der Waals surface area contributed by atoms with Gasteiger partial charge in [-0.2, -0.15) is 0 Å². The molecule has 3 heteroatoms. The number of aryl methyl sites for hydroxylation is 2. The van der Waals surface area contributed by atoms with Gasteiger partial charge in [0, 0.05) is 17.1 Å². The average molecular weight is 333 g/mol. The van der Waals surface area contributed by atoms with Crippen LogP contribution in [0.5, 0.6) is 0 Å². The van der Waals surface area contributed by atoms with Gasteiger partial charge < -0.3 is 4.42 Å². The van der Waals surface area contributed by atoms with Crippen molar-refractivity contribution in [2.45, 2.75) is 33.6 Å². The fraction of sp³-hybridized carbons (Fsp3) is 0.227. The maximum absolute atomic E-state index is 14.5.